The summed E-state index contributed by atoms with van der Waals surface area (Å²) >= 11 is 1.35. The second-order valence-electron chi connectivity index (χ2n) is 6.20. The number of aliphatic hydroxyl groups is 4. The van der Waals surface area contributed by atoms with E-state index in [1.165, 1.54) is 22.7 Å². The number of imidazole rings is 1. The minimum atomic E-state index is -1.22. The van der Waals surface area contributed by atoms with Crippen molar-refractivity contribution in [2.24, 2.45) is 0 Å². The molecule has 0 aliphatic carbocycles. The Hall–Kier alpha value is -1.76. The third-order valence-corrected chi connectivity index (χ3v) is 4.89. The van der Waals surface area contributed by atoms with Crippen molar-refractivity contribution in [3.8, 4) is 0 Å². The molecule has 0 aromatic carbocycles. The topological polar surface area (TPSA) is 146 Å². The molecule has 4 atom stereocenters. The number of fused-ring (bicyclic) bond motifs is 1. The van der Waals surface area contributed by atoms with Crippen LogP contribution < -0.4 is 5.32 Å². The van der Waals surface area contributed by atoms with Gasteiger partial charge in [0.15, 0.2) is 28.4 Å². The minimum Gasteiger partial charge on any atom is -0.394 e. The molecule has 0 bridgehead atoms. The highest BCUT2D eigenvalue weighted by molar-refractivity contribution is 7.98. The molecule has 2 aromatic rings. The maximum atomic E-state index is 10.3. The highest BCUT2D eigenvalue weighted by atomic mass is 32.2. The zero-order valence-corrected chi connectivity index (χ0v) is 15.8. The molecule has 3 heterocycles. The van der Waals surface area contributed by atoms with Gasteiger partial charge in [0.1, 0.15) is 18.3 Å². The molecule has 0 radical (unpaired) electrons. The maximum Gasteiger partial charge on any atom is 0.191 e. The monoisotopic (exact) mass is 397 g/mol. The Morgan fingerprint density at radius 3 is 2.74 bits per heavy atom. The van der Waals surface area contributed by atoms with Crippen LogP contribution in [0.25, 0.3) is 11.2 Å². The van der Waals surface area contributed by atoms with Gasteiger partial charge in [0.25, 0.3) is 0 Å². The average Bonchev–Trinajstić information content (AvgIpc) is 3.22. The molecule has 2 aromatic heterocycles. The molecule has 0 amide bonds. The summed E-state index contributed by atoms with van der Waals surface area (Å²) in [6.45, 7) is 1.85. The number of rotatable bonds is 7. The van der Waals surface area contributed by atoms with Gasteiger partial charge in [0.2, 0.25) is 0 Å². The van der Waals surface area contributed by atoms with E-state index in [2.05, 4.69) is 20.3 Å². The lowest BCUT2D eigenvalue weighted by molar-refractivity contribution is -0.0511. The fraction of sp³-hybridized carbons (Fsp3) is 0.562. The fourth-order valence-electron chi connectivity index (χ4n) is 2.79. The predicted octanol–water partition coefficient (Wildman–Crippen LogP) is -0.490. The van der Waals surface area contributed by atoms with Crippen LogP contribution in [0.3, 0.4) is 0 Å². The fourth-order valence-corrected chi connectivity index (χ4v) is 3.15. The molecule has 1 aliphatic heterocycles. The number of aromatic nitrogens is 4. The molecule has 27 heavy (non-hydrogen) atoms. The molecule has 1 aliphatic rings. The molecule has 0 saturated carbocycles. The smallest absolute Gasteiger partial charge is 0.191 e. The minimum absolute atomic E-state index is 0.0171. The van der Waals surface area contributed by atoms with Crippen LogP contribution in [0.2, 0.25) is 0 Å². The van der Waals surface area contributed by atoms with Gasteiger partial charge in [-0.05, 0) is 13.2 Å². The number of aliphatic hydroxyl groups excluding tert-OH is 4. The molecule has 11 heteroatoms. The second kappa shape index (κ2) is 8.50. The van der Waals surface area contributed by atoms with Gasteiger partial charge >= 0.3 is 0 Å². The Bertz CT molecular complexity index is 829. The van der Waals surface area contributed by atoms with E-state index < -0.39 is 31.1 Å². The van der Waals surface area contributed by atoms with Crippen LogP contribution in [-0.4, -0.2) is 84.3 Å². The van der Waals surface area contributed by atoms with E-state index in [4.69, 9.17) is 9.84 Å². The third kappa shape index (κ3) is 3.93. The van der Waals surface area contributed by atoms with Crippen LogP contribution in [0, 0.1) is 0 Å². The number of hydrogen-bond acceptors (Lipinski definition) is 10. The SMILES string of the molecule is CSc1nc(NC/C=C(\C)CO)c2ncn([C@@H]3O[C@H](CO)C(O)[C@@H]3O)c2n1. The third-order valence-electron chi connectivity index (χ3n) is 4.34. The highest BCUT2D eigenvalue weighted by Gasteiger charge is 2.44. The van der Waals surface area contributed by atoms with Crippen molar-refractivity contribution in [1.29, 1.82) is 0 Å². The van der Waals surface area contributed by atoms with Crippen LogP contribution in [0.5, 0.6) is 0 Å². The van der Waals surface area contributed by atoms with E-state index in [0.717, 1.165) is 5.57 Å². The number of hydrogen-bond donors (Lipinski definition) is 5. The first-order valence-corrected chi connectivity index (χ1v) is 9.64. The average molecular weight is 397 g/mol. The predicted molar refractivity (Wildman–Crippen MR) is 99.4 cm³/mol. The molecule has 3 rings (SSSR count). The van der Waals surface area contributed by atoms with E-state index in [1.807, 2.05) is 19.3 Å². The quantitative estimate of drug-likeness (QED) is 0.236. The Labute approximate surface area is 159 Å². The summed E-state index contributed by atoms with van der Waals surface area (Å²) in [5.41, 5.74) is 1.75. The van der Waals surface area contributed by atoms with Gasteiger partial charge in [-0.2, -0.15) is 0 Å². The summed E-state index contributed by atoms with van der Waals surface area (Å²) in [5.74, 6) is 0.511. The van der Waals surface area contributed by atoms with E-state index in [9.17, 15) is 15.3 Å². The van der Waals surface area contributed by atoms with Crippen LogP contribution >= 0.6 is 11.8 Å². The summed E-state index contributed by atoms with van der Waals surface area (Å²) in [7, 11) is 0. The summed E-state index contributed by atoms with van der Waals surface area (Å²) in [4.78, 5) is 13.2. The van der Waals surface area contributed by atoms with Gasteiger partial charge in [-0.3, -0.25) is 4.57 Å². The number of thioether (sulfide) groups is 1. The van der Waals surface area contributed by atoms with Gasteiger partial charge in [0, 0.05) is 6.54 Å². The molecule has 1 fully saturated rings. The molecular weight excluding hydrogens is 374 g/mol. The lowest BCUT2D eigenvalue weighted by Gasteiger charge is -2.17. The van der Waals surface area contributed by atoms with Crippen molar-refractivity contribution in [2.75, 3.05) is 31.3 Å². The van der Waals surface area contributed by atoms with E-state index in [0.29, 0.717) is 28.7 Å². The maximum absolute atomic E-state index is 10.3. The van der Waals surface area contributed by atoms with Crippen molar-refractivity contribution < 1.29 is 25.2 Å². The molecule has 0 spiro atoms. The normalized spacial score (nSPS) is 26.1. The number of ether oxygens (including phenoxy) is 1. The zero-order valence-electron chi connectivity index (χ0n) is 15.0. The van der Waals surface area contributed by atoms with Crippen LogP contribution in [-0.2, 0) is 4.74 Å². The number of anilines is 1. The van der Waals surface area contributed by atoms with Crippen molar-refractivity contribution in [3.63, 3.8) is 0 Å². The van der Waals surface area contributed by atoms with Crippen molar-refractivity contribution in [2.45, 2.75) is 36.6 Å². The summed E-state index contributed by atoms with van der Waals surface area (Å²) in [5, 5.41) is 42.3. The lowest BCUT2D eigenvalue weighted by Crippen LogP contribution is -2.33. The van der Waals surface area contributed by atoms with E-state index in [-0.39, 0.29) is 6.61 Å². The van der Waals surface area contributed by atoms with Crippen molar-refractivity contribution in [3.05, 3.63) is 18.0 Å². The summed E-state index contributed by atoms with van der Waals surface area (Å²) in [6.07, 6.45) is 0.917. The first-order chi connectivity index (χ1) is 13.0. The number of nitrogens with one attached hydrogen (secondary N) is 1. The summed E-state index contributed by atoms with van der Waals surface area (Å²) < 4.78 is 7.10. The van der Waals surface area contributed by atoms with Gasteiger partial charge < -0.3 is 30.5 Å². The Morgan fingerprint density at radius 2 is 2.11 bits per heavy atom. The van der Waals surface area contributed by atoms with Gasteiger partial charge in [0.05, 0.1) is 19.5 Å². The molecule has 10 nitrogen and oxygen atoms in total. The Balaban J connectivity index is 1.96. The molecule has 5 N–H and O–H groups in total. The molecular formula is C16H23N5O5S. The summed E-state index contributed by atoms with van der Waals surface area (Å²) in [6, 6.07) is 0. The van der Waals surface area contributed by atoms with Crippen molar-refractivity contribution >= 4 is 28.7 Å². The van der Waals surface area contributed by atoms with E-state index in [1.54, 1.807) is 0 Å². The Morgan fingerprint density at radius 1 is 1.33 bits per heavy atom. The molecule has 148 valence electrons. The van der Waals surface area contributed by atoms with Crippen molar-refractivity contribution in [1.82, 2.24) is 19.5 Å². The van der Waals surface area contributed by atoms with Crippen LogP contribution in [0.1, 0.15) is 13.2 Å². The van der Waals surface area contributed by atoms with Gasteiger partial charge in [-0.1, -0.05) is 23.4 Å². The standard InChI is InChI=1S/C16H23N5O5S/c1-8(5-22)3-4-17-13-10-14(20-16(19-13)27-2)21(7-18-10)15-12(25)11(24)9(6-23)26-15/h3,7,9,11-12,15,22-25H,4-6H2,1-2H3,(H,17,19,20)/b8-3+/t9-,11?,12+,15-/m1/s1. The van der Waals surface area contributed by atoms with Gasteiger partial charge in [-0.25, -0.2) is 15.0 Å². The highest BCUT2D eigenvalue weighted by Crippen LogP contribution is 2.32. The number of nitrogens with zero attached hydrogens (tertiary/aromatic N) is 4. The first kappa shape index (κ1) is 20.0. The largest absolute Gasteiger partial charge is 0.394 e. The Kier molecular flexibility index (Phi) is 6.29. The van der Waals surface area contributed by atoms with Crippen LogP contribution in [0.15, 0.2) is 23.1 Å². The van der Waals surface area contributed by atoms with Crippen LogP contribution in [0.4, 0.5) is 5.82 Å². The van der Waals surface area contributed by atoms with Gasteiger partial charge in [-0.15, -0.1) is 0 Å². The zero-order chi connectivity index (χ0) is 19.6. The lowest BCUT2D eigenvalue weighted by atomic mass is 10.1. The van der Waals surface area contributed by atoms with E-state index >= 15 is 0 Å². The first-order valence-electron chi connectivity index (χ1n) is 8.41. The molecule has 1 saturated heterocycles. The molecule has 1 unspecified atom stereocenters. The second-order valence-corrected chi connectivity index (χ2v) is 6.97.